The maximum Gasteiger partial charge on any atom is 0.226 e. The molecule has 0 bridgehead atoms. The van der Waals surface area contributed by atoms with E-state index in [4.69, 9.17) is 21.1 Å². The summed E-state index contributed by atoms with van der Waals surface area (Å²) in [6.45, 7) is 0. The van der Waals surface area contributed by atoms with Gasteiger partial charge in [-0.05, 0) is 23.8 Å². The molecule has 1 atom stereocenters. The molecule has 0 saturated carbocycles. The zero-order valence-electron chi connectivity index (χ0n) is 14.9. The van der Waals surface area contributed by atoms with Crippen LogP contribution in [0.25, 0.3) is 5.69 Å². The SMILES string of the molecule is COc1ccc(OC)c(-n2cnc3c2NC(=O)C[C@@H]3c2ccccc2Cl)c1. The van der Waals surface area contributed by atoms with Crippen molar-refractivity contribution in [2.75, 3.05) is 19.5 Å². The molecule has 7 heteroatoms. The second-order valence-corrected chi connectivity index (χ2v) is 6.62. The minimum atomic E-state index is -0.208. The van der Waals surface area contributed by atoms with Gasteiger partial charge in [0, 0.05) is 23.4 Å². The van der Waals surface area contributed by atoms with Crippen LogP contribution in [0.4, 0.5) is 5.82 Å². The number of fused-ring (bicyclic) bond motifs is 1. The van der Waals surface area contributed by atoms with Gasteiger partial charge in [0.25, 0.3) is 0 Å². The summed E-state index contributed by atoms with van der Waals surface area (Å²) in [5.74, 6) is 1.64. The Morgan fingerprint density at radius 3 is 2.74 bits per heavy atom. The molecule has 0 radical (unpaired) electrons. The number of carbonyl (C=O) groups excluding carboxylic acids is 1. The Morgan fingerprint density at radius 2 is 2.00 bits per heavy atom. The average molecular weight is 384 g/mol. The summed E-state index contributed by atoms with van der Waals surface area (Å²) in [6, 6.07) is 13.0. The highest BCUT2D eigenvalue weighted by Gasteiger charge is 2.32. The number of carbonyl (C=O) groups is 1. The molecule has 0 saturated heterocycles. The van der Waals surface area contributed by atoms with E-state index in [-0.39, 0.29) is 11.8 Å². The van der Waals surface area contributed by atoms with E-state index >= 15 is 0 Å². The lowest BCUT2D eigenvalue weighted by Crippen LogP contribution is -2.25. The van der Waals surface area contributed by atoms with Crippen LogP contribution < -0.4 is 14.8 Å². The summed E-state index contributed by atoms with van der Waals surface area (Å²) in [6.07, 6.45) is 1.97. The number of benzene rings is 2. The van der Waals surface area contributed by atoms with E-state index in [1.54, 1.807) is 25.1 Å². The van der Waals surface area contributed by atoms with Crippen molar-refractivity contribution in [1.29, 1.82) is 0 Å². The summed E-state index contributed by atoms with van der Waals surface area (Å²) in [5, 5.41) is 3.56. The van der Waals surface area contributed by atoms with E-state index in [1.165, 1.54) is 0 Å². The lowest BCUT2D eigenvalue weighted by molar-refractivity contribution is -0.116. The van der Waals surface area contributed by atoms with Crippen LogP contribution in [0.2, 0.25) is 5.02 Å². The Balaban J connectivity index is 1.87. The Kier molecular flexibility index (Phi) is 4.49. The highest BCUT2D eigenvalue weighted by Crippen LogP contribution is 2.41. The van der Waals surface area contributed by atoms with Crippen molar-refractivity contribution in [3.8, 4) is 17.2 Å². The van der Waals surface area contributed by atoms with Gasteiger partial charge in [0.15, 0.2) is 0 Å². The molecule has 1 aliphatic heterocycles. The first-order valence-corrected chi connectivity index (χ1v) is 8.84. The number of rotatable bonds is 4. The van der Waals surface area contributed by atoms with Crippen LogP contribution in [0, 0.1) is 0 Å². The Hall–Kier alpha value is -2.99. The molecule has 0 fully saturated rings. The van der Waals surface area contributed by atoms with E-state index < -0.39 is 0 Å². The van der Waals surface area contributed by atoms with Crippen molar-refractivity contribution < 1.29 is 14.3 Å². The van der Waals surface area contributed by atoms with E-state index in [2.05, 4.69) is 10.3 Å². The molecule has 1 aromatic heterocycles. The van der Waals surface area contributed by atoms with E-state index in [9.17, 15) is 4.79 Å². The van der Waals surface area contributed by atoms with Crippen LogP contribution in [0.5, 0.6) is 11.5 Å². The van der Waals surface area contributed by atoms with Crippen LogP contribution in [0.1, 0.15) is 23.6 Å². The van der Waals surface area contributed by atoms with E-state index in [0.717, 1.165) is 16.9 Å². The number of aromatic nitrogens is 2. The fraction of sp³-hybridized carbons (Fsp3) is 0.200. The minimum absolute atomic E-state index is 0.0870. The molecular weight excluding hydrogens is 366 g/mol. The molecule has 3 aromatic rings. The van der Waals surface area contributed by atoms with E-state index in [1.807, 2.05) is 42.5 Å². The molecule has 2 aromatic carbocycles. The quantitative estimate of drug-likeness (QED) is 0.739. The van der Waals surface area contributed by atoms with Crippen LogP contribution in [0.15, 0.2) is 48.8 Å². The Bertz CT molecular complexity index is 1020. The lowest BCUT2D eigenvalue weighted by Gasteiger charge is -2.24. The standard InChI is InChI=1S/C20H18ClN3O3/c1-26-12-7-8-17(27-2)16(9-12)24-11-22-19-14(10-18(25)23-20(19)24)13-5-3-4-6-15(13)21/h3-9,11,14H,10H2,1-2H3,(H,23,25)/t14-/m1/s1. The van der Waals surface area contributed by atoms with Gasteiger partial charge in [-0.3, -0.25) is 9.36 Å². The van der Waals surface area contributed by atoms with Crippen LogP contribution in [0.3, 0.4) is 0 Å². The van der Waals surface area contributed by atoms with Crippen molar-refractivity contribution in [2.45, 2.75) is 12.3 Å². The largest absolute Gasteiger partial charge is 0.497 e. The number of nitrogens with zero attached hydrogens (tertiary/aromatic N) is 2. The fourth-order valence-corrected chi connectivity index (χ4v) is 3.66. The highest BCUT2D eigenvalue weighted by atomic mass is 35.5. The highest BCUT2D eigenvalue weighted by molar-refractivity contribution is 6.31. The molecule has 1 amide bonds. The number of halogens is 1. The monoisotopic (exact) mass is 383 g/mol. The fourth-order valence-electron chi connectivity index (χ4n) is 3.39. The molecule has 1 aliphatic rings. The van der Waals surface area contributed by atoms with Gasteiger partial charge in [0.2, 0.25) is 5.91 Å². The molecule has 1 N–H and O–H groups in total. The smallest absolute Gasteiger partial charge is 0.226 e. The number of nitrogens with one attached hydrogen (secondary N) is 1. The summed E-state index contributed by atoms with van der Waals surface area (Å²) < 4.78 is 12.6. The summed E-state index contributed by atoms with van der Waals surface area (Å²) in [5.41, 5.74) is 2.39. The van der Waals surface area contributed by atoms with Crippen molar-refractivity contribution in [1.82, 2.24) is 9.55 Å². The number of methoxy groups -OCH3 is 2. The van der Waals surface area contributed by atoms with Crippen molar-refractivity contribution >= 4 is 23.3 Å². The van der Waals surface area contributed by atoms with Gasteiger partial charge in [-0.1, -0.05) is 29.8 Å². The van der Waals surface area contributed by atoms with Gasteiger partial charge < -0.3 is 14.8 Å². The van der Waals surface area contributed by atoms with Gasteiger partial charge >= 0.3 is 0 Å². The molecule has 0 unspecified atom stereocenters. The third kappa shape index (κ3) is 3.02. The molecular formula is C20H18ClN3O3. The predicted octanol–water partition coefficient (Wildman–Crippen LogP) is 4.02. The van der Waals surface area contributed by atoms with Gasteiger partial charge in [-0.15, -0.1) is 0 Å². The van der Waals surface area contributed by atoms with Gasteiger partial charge in [-0.2, -0.15) is 0 Å². The van der Waals surface area contributed by atoms with Crippen molar-refractivity contribution in [2.24, 2.45) is 0 Å². The minimum Gasteiger partial charge on any atom is -0.497 e. The van der Waals surface area contributed by atoms with Gasteiger partial charge in [0.05, 0.1) is 25.6 Å². The molecule has 27 heavy (non-hydrogen) atoms. The second kappa shape index (κ2) is 6.96. The molecule has 4 rings (SSSR count). The molecule has 2 heterocycles. The van der Waals surface area contributed by atoms with Crippen LogP contribution >= 0.6 is 11.6 Å². The maximum absolute atomic E-state index is 12.4. The van der Waals surface area contributed by atoms with Crippen LogP contribution in [-0.4, -0.2) is 29.7 Å². The topological polar surface area (TPSA) is 65.4 Å². The number of hydrogen-bond acceptors (Lipinski definition) is 4. The molecule has 6 nitrogen and oxygen atoms in total. The first-order valence-electron chi connectivity index (χ1n) is 8.46. The predicted molar refractivity (Wildman–Crippen MR) is 103 cm³/mol. The summed E-state index contributed by atoms with van der Waals surface area (Å²) in [4.78, 5) is 17.0. The summed E-state index contributed by atoms with van der Waals surface area (Å²) >= 11 is 6.38. The number of amides is 1. The normalized spacial score (nSPS) is 15.8. The Morgan fingerprint density at radius 1 is 1.19 bits per heavy atom. The molecule has 138 valence electrons. The average Bonchev–Trinajstić information content (AvgIpc) is 3.10. The second-order valence-electron chi connectivity index (χ2n) is 6.21. The number of ether oxygens (including phenoxy) is 2. The number of hydrogen-bond donors (Lipinski definition) is 1. The molecule has 0 spiro atoms. The zero-order chi connectivity index (χ0) is 19.0. The zero-order valence-corrected chi connectivity index (χ0v) is 15.7. The number of anilines is 1. The van der Waals surface area contributed by atoms with Gasteiger partial charge in [-0.25, -0.2) is 4.98 Å². The lowest BCUT2D eigenvalue weighted by atomic mass is 9.90. The maximum atomic E-state index is 12.4. The summed E-state index contributed by atoms with van der Waals surface area (Å²) in [7, 11) is 3.20. The third-order valence-electron chi connectivity index (χ3n) is 4.70. The Labute approximate surface area is 161 Å². The first kappa shape index (κ1) is 17.4. The van der Waals surface area contributed by atoms with E-state index in [0.29, 0.717) is 28.8 Å². The molecule has 0 aliphatic carbocycles. The van der Waals surface area contributed by atoms with Crippen molar-refractivity contribution in [3.05, 3.63) is 65.1 Å². The van der Waals surface area contributed by atoms with Gasteiger partial charge in [0.1, 0.15) is 23.6 Å². The third-order valence-corrected chi connectivity index (χ3v) is 5.04. The number of imidazole rings is 1. The van der Waals surface area contributed by atoms with Crippen molar-refractivity contribution in [3.63, 3.8) is 0 Å². The first-order chi connectivity index (χ1) is 13.1. The van der Waals surface area contributed by atoms with Crippen LogP contribution in [-0.2, 0) is 4.79 Å².